The van der Waals surface area contributed by atoms with Gasteiger partial charge in [0.05, 0.1) is 11.4 Å². The molecule has 182 valence electrons. The Labute approximate surface area is 223 Å². The zero-order chi connectivity index (χ0) is 25.9. The van der Waals surface area contributed by atoms with Crippen LogP contribution >= 0.6 is 0 Å². The number of aryl methyl sites for hydroxylation is 2. The number of nitrogens with zero attached hydrogens (tertiary/aromatic N) is 2. The fourth-order valence-corrected chi connectivity index (χ4v) is 5.03. The van der Waals surface area contributed by atoms with E-state index in [-0.39, 0.29) is 0 Å². The summed E-state index contributed by atoms with van der Waals surface area (Å²) in [4.78, 5) is 9.96. The number of rotatable bonds is 5. The van der Waals surface area contributed by atoms with Crippen LogP contribution in [0.1, 0.15) is 22.3 Å². The molecule has 0 unspecified atom stereocenters. The van der Waals surface area contributed by atoms with Gasteiger partial charge in [-0.15, -0.1) is 0 Å². The topological polar surface area (TPSA) is 24.7 Å². The van der Waals surface area contributed by atoms with Gasteiger partial charge in [0.2, 0.25) is 0 Å². The molecule has 0 radical (unpaired) electrons. The van der Waals surface area contributed by atoms with Gasteiger partial charge in [-0.3, -0.25) is 9.98 Å². The number of benzene rings is 6. The molecule has 0 fully saturated rings. The van der Waals surface area contributed by atoms with Crippen LogP contribution in [0.25, 0.3) is 32.7 Å². The van der Waals surface area contributed by atoms with Crippen molar-refractivity contribution >= 4 is 45.3 Å². The largest absolute Gasteiger partial charge is 0.256 e. The second-order valence-electron chi connectivity index (χ2n) is 9.67. The van der Waals surface area contributed by atoms with Gasteiger partial charge in [-0.2, -0.15) is 0 Å². The number of aliphatic imine (C=N–C) groups is 2. The minimum absolute atomic E-state index is 0.939. The lowest BCUT2D eigenvalue weighted by Gasteiger charge is -2.15. The van der Waals surface area contributed by atoms with Gasteiger partial charge in [0.1, 0.15) is 0 Å². The molecule has 0 aliphatic carbocycles. The van der Waals surface area contributed by atoms with Gasteiger partial charge < -0.3 is 0 Å². The predicted molar refractivity (Wildman–Crippen MR) is 164 cm³/mol. The highest BCUT2D eigenvalue weighted by Crippen LogP contribution is 2.41. The van der Waals surface area contributed by atoms with Gasteiger partial charge in [0, 0.05) is 23.6 Å². The molecule has 0 heterocycles. The summed E-state index contributed by atoms with van der Waals surface area (Å²) in [5.41, 5.74) is 8.63. The highest BCUT2D eigenvalue weighted by Gasteiger charge is 2.14. The minimum Gasteiger partial charge on any atom is -0.256 e. The van der Waals surface area contributed by atoms with Crippen molar-refractivity contribution < 1.29 is 0 Å². The van der Waals surface area contributed by atoms with E-state index in [0.717, 1.165) is 33.6 Å². The smallest absolute Gasteiger partial charge is 0.0711 e. The summed E-state index contributed by atoms with van der Waals surface area (Å²) in [6, 6.07) is 42.3. The molecule has 6 rings (SSSR count). The molecule has 0 saturated carbocycles. The van der Waals surface area contributed by atoms with Crippen molar-refractivity contribution in [3.63, 3.8) is 0 Å². The summed E-state index contributed by atoms with van der Waals surface area (Å²) in [7, 11) is 0. The van der Waals surface area contributed by atoms with E-state index in [2.05, 4.69) is 135 Å². The molecule has 0 N–H and O–H groups in total. The van der Waals surface area contributed by atoms with Crippen LogP contribution in [0.4, 0.5) is 11.4 Å². The Morgan fingerprint density at radius 1 is 0.421 bits per heavy atom. The molecular weight excluding hydrogens is 460 g/mol. The van der Waals surface area contributed by atoms with Crippen molar-refractivity contribution in [2.24, 2.45) is 9.98 Å². The molecule has 0 amide bonds. The van der Waals surface area contributed by atoms with Crippen molar-refractivity contribution in [2.75, 3.05) is 0 Å². The highest BCUT2D eigenvalue weighted by molar-refractivity contribution is 5.96. The normalized spacial score (nSPS) is 11.7. The van der Waals surface area contributed by atoms with E-state index in [4.69, 9.17) is 9.98 Å². The van der Waals surface area contributed by atoms with Crippen LogP contribution in [-0.2, 0) is 0 Å². The molecule has 0 aliphatic rings. The molecule has 38 heavy (non-hydrogen) atoms. The van der Waals surface area contributed by atoms with Crippen LogP contribution in [0.2, 0.25) is 0 Å². The summed E-state index contributed by atoms with van der Waals surface area (Å²) in [6.07, 6.45) is 3.92. The Morgan fingerprint density at radius 2 is 0.842 bits per heavy atom. The van der Waals surface area contributed by atoms with Crippen molar-refractivity contribution in [1.82, 2.24) is 0 Å². The SMILES string of the molecule is Cc1cccc(N=Cc2ccc3ccccc3c2)c1-c1c(C)cccc1N=Cc1ccc2ccccc2c1. The zero-order valence-electron chi connectivity index (χ0n) is 21.6. The quantitative estimate of drug-likeness (QED) is 0.216. The first-order valence-corrected chi connectivity index (χ1v) is 12.9. The monoisotopic (exact) mass is 488 g/mol. The fraction of sp³-hybridized carbons (Fsp3) is 0.0556. The van der Waals surface area contributed by atoms with Crippen LogP contribution in [0.3, 0.4) is 0 Å². The Kier molecular flexibility index (Phi) is 6.37. The van der Waals surface area contributed by atoms with E-state index in [1.165, 1.54) is 32.7 Å². The average molecular weight is 489 g/mol. The summed E-state index contributed by atoms with van der Waals surface area (Å²) in [5, 5.41) is 4.89. The Balaban J connectivity index is 1.40. The molecule has 6 aromatic carbocycles. The number of hydrogen-bond acceptors (Lipinski definition) is 2. The third kappa shape index (κ3) is 4.77. The van der Waals surface area contributed by atoms with E-state index >= 15 is 0 Å². The molecule has 0 saturated heterocycles. The standard InChI is InChI=1S/C36H28N2/c1-25-9-7-15-33(37-23-27-17-19-29-11-3-5-13-31(29)21-27)35(25)36-26(2)10-8-16-34(36)38-24-28-18-20-30-12-4-6-14-32(30)22-28/h3-24H,1-2H3. The van der Waals surface area contributed by atoms with Gasteiger partial charge in [0.25, 0.3) is 0 Å². The summed E-state index contributed by atoms with van der Waals surface area (Å²) < 4.78 is 0. The van der Waals surface area contributed by atoms with Crippen molar-refractivity contribution in [3.8, 4) is 11.1 Å². The summed E-state index contributed by atoms with van der Waals surface area (Å²) in [5.74, 6) is 0. The van der Waals surface area contributed by atoms with Crippen molar-refractivity contribution in [1.29, 1.82) is 0 Å². The molecule has 0 atom stereocenters. The molecule has 2 heteroatoms. The van der Waals surface area contributed by atoms with Gasteiger partial charge in [0.15, 0.2) is 0 Å². The van der Waals surface area contributed by atoms with Crippen molar-refractivity contribution in [2.45, 2.75) is 13.8 Å². The molecule has 0 aromatic heterocycles. The average Bonchev–Trinajstić information content (AvgIpc) is 2.95. The zero-order valence-corrected chi connectivity index (χ0v) is 21.6. The van der Waals surface area contributed by atoms with Crippen LogP contribution < -0.4 is 0 Å². The molecule has 0 bridgehead atoms. The Hall–Kier alpha value is -4.82. The van der Waals surface area contributed by atoms with E-state index in [1.54, 1.807) is 0 Å². The Morgan fingerprint density at radius 3 is 1.29 bits per heavy atom. The van der Waals surface area contributed by atoms with Crippen LogP contribution in [0, 0.1) is 13.8 Å². The van der Waals surface area contributed by atoms with Crippen LogP contribution in [0.5, 0.6) is 0 Å². The second kappa shape index (κ2) is 10.3. The van der Waals surface area contributed by atoms with Crippen LogP contribution in [0.15, 0.2) is 131 Å². The molecular formula is C36H28N2. The maximum Gasteiger partial charge on any atom is 0.0711 e. The maximum atomic E-state index is 4.98. The molecule has 2 nitrogen and oxygen atoms in total. The van der Waals surface area contributed by atoms with E-state index in [0.29, 0.717) is 0 Å². The first-order valence-electron chi connectivity index (χ1n) is 12.9. The molecule has 6 aromatic rings. The minimum atomic E-state index is 0.939. The lowest BCUT2D eigenvalue weighted by molar-refractivity contribution is 1.37. The van der Waals surface area contributed by atoms with E-state index in [9.17, 15) is 0 Å². The third-order valence-electron chi connectivity index (χ3n) is 7.00. The molecule has 0 spiro atoms. The lowest BCUT2D eigenvalue weighted by Crippen LogP contribution is -1.91. The van der Waals surface area contributed by atoms with Gasteiger partial charge >= 0.3 is 0 Å². The summed E-state index contributed by atoms with van der Waals surface area (Å²) in [6.45, 7) is 4.29. The number of hydrogen-bond donors (Lipinski definition) is 0. The van der Waals surface area contributed by atoms with Crippen LogP contribution in [-0.4, -0.2) is 12.4 Å². The fourth-order valence-electron chi connectivity index (χ4n) is 5.03. The van der Waals surface area contributed by atoms with E-state index in [1.807, 2.05) is 12.4 Å². The number of fused-ring (bicyclic) bond motifs is 2. The van der Waals surface area contributed by atoms with E-state index < -0.39 is 0 Å². The maximum absolute atomic E-state index is 4.98. The van der Waals surface area contributed by atoms with Gasteiger partial charge in [-0.25, -0.2) is 0 Å². The molecule has 0 aliphatic heterocycles. The second-order valence-corrected chi connectivity index (χ2v) is 9.67. The third-order valence-corrected chi connectivity index (χ3v) is 7.00. The summed E-state index contributed by atoms with van der Waals surface area (Å²) >= 11 is 0. The van der Waals surface area contributed by atoms with Gasteiger partial charge in [-0.05, 0) is 81.9 Å². The Bertz CT molecular complexity index is 1710. The first-order chi connectivity index (χ1) is 18.7. The van der Waals surface area contributed by atoms with Gasteiger partial charge in [-0.1, -0.05) is 97.1 Å². The first kappa shape index (κ1) is 23.6. The predicted octanol–water partition coefficient (Wildman–Crippen LogP) is 9.78. The highest BCUT2D eigenvalue weighted by atomic mass is 14.7. The van der Waals surface area contributed by atoms with Crippen molar-refractivity contribution in [3.05, 3.63) is 144 Å². The lowest BCUT2D eigenvalue weighted by atomic mass is 9.93.